The molecule has 2 unspecified atom stereocenters. The number of piperazine rings is 1. The van der Waals surface area contributed by atoms with E-state index in [4.69, 9.17) is 4.74 Å². The van der Waals surface area contributed by atoms with Gasteiger partial charge in [0.2, 0.25) is 11.8 Å². The number of hydrogen-bond donors (Lipinski definition) is 3. The zero-order valence-corrected chi connectivity index (χ0v) is 13.1. The van der Waals surface area contributed by atoms with Crippen molar-refractivity contribution in [3.63, 3.8) is 0 Å². The molecule has 1 saturated heterocycles. The maximum Gasteiger partial charge on any atom is 0.229 e. The van der Waals surface area contributed by atoms with E-state index >= 15 is 0 Å². The van der Waals surface area contributed by atoms with E-state index in [9.17, 15) is 10.2 Å². The molecule has 2 atom stereocenters. The lowest BCUT2D eigenvalue weighted by atomic mass is 10.2. The first kappa shape index (κ1) is 15.9. The number of benzene rings is 1. The molecule has 1 aliphatic rings. The van der Waals surface area contributed by atoms with Gasteiger partial charge in [0.1, 0.15) is 12.7 Å². The van der Waals surface area contributed by atoms with Crippen LogP contribution in [0.2, 0.25) is 0 Å². The molecule has 3 N–H and O–H groups in total. The molecule has 1 aromatic carbocycles. The third-order valence-electron chi connectivity index (χ3n) is 3.90. The number of nitrogens with zero attached hydrogens (tertiary/aromatic N) is 3. The van der Waals surface area contributed by atoms with E-state index in [1.165, 1.54) is 6.92 Å². The molecule has 2 heterocycles. The van der Waals surface area contributed by atoms with Gasteiger partial charge in [0.25, 0.3) is 0 Å². The molecule has 2 aromatic rings. The molecule has 3 rings (SSSR count). The maximum absolute atomic E-state index is 9.74. The van der Waals surface area contributed by atoms with Gasteiger partial charge in [0.05, 0.1) is 17.0 Å². The van der Waals surface area contributed by atoms with Crippen LogP contribution in [0, 0.1) is 0 Å². The summed E-state index contributed by atoms with van der Waals surface area (Å²) >= 11 is 0. The molecule has 7 heteroatoms. The van der Waals surface area contributed by atoms with Gasteiger partial charge in [-0.15, -0.1) is 0 Å². The third kappa shape index (κ3) is 3.69. The predicted octanol–water partition coefficient (Wildman–Crippen LogP) is 0.160. The zero-order chi connectivity index (χ0) is 16.2. The van der Waals surface area contributed by atoms with Gasteiger partial charge in [-0.05, 0) is 19.1 Å². The molecule has 0 radical (unpaired) electrons. The number of aliphatic hydroxyl groups excluding tert-OH is 2. The summed E-state index contributed by atoms with van der Waals surface area (Å²) in [5, 5.41) is 23.2. The smallest absolute Gasteiger partial charge is 0.229 e. The lowest BCUT2D eigenvalue weighted by Gasteiger charge is -2.27. The van der Waals surface area contributed by atoms with Gasteiger partial charge in [0.15, 0.2) is 0 Å². The summed E-state index contributed by atoms with van der Waals surface area (Å²) in [5.41, 5.74) is 0.803. The van der Waals surface area contributed by atoms with Crippen LogP contribution in [0.15, 0.2) is 24.3 Å². The van der Waals surface area contributed by atoms with Crippen LogP contribution in [0.4, 0.5) is 5.95 Å². The molecule has 1 aromatic heterocycles. The summed E-state index contributed by atoms with van der Waals surface area (Å²) in [5.74, 6) is 1.07. The van der Waals surface area contributed by atoms with E-state index in [1.807, 2.05) is 24.3 Å². The van der Waals surface area contributed by atoms with Crippen LogP contribution in [0.25, 0.3) is 10.9 Å². The fourth-order valence-electron chi connectivity index (χ4n) is 2.46. The Morgan fingerprint density at radius 3 is 2.70 bits per heavy atom. The summed E-state index contributed by atoms with van der Waals surface area (Å²) in [6.07, 6.45) is -1.80. The second-order valence-electron chi connectivity index (χ2n) is 5.70. The molecule has 0 saturated carbocycles. The summed E-state index contributed by atoms with van der Waals surface area (Å²) in [6, 6.07) is 7.63. The van der Waals surface area contributed by atoms with Crippen molar-refractivity contribution in [2.24, 2.45) is 0 Å². The average molecular weight is 318 g/mol. The van der Waals surface area contributed by atoms with E-state index in [2.05, 4.69) is 20.2 Å². The highest BCUT2D eigenvalue weighted by atomic mass is 16.5. The SMILES string of the molecule is CC(O)C(O)COc1nc(N2CCNCC2)nc2ccccc12. The molecule has 1 aliphatic heterocycles. The Bertz CT molecular complexity index is 659. The molecule has 1 fully saturated rings. The highest BCUT2D eigenvalue weighted by Gasteiger charge is 2.18. The number of fused-ring (bicyclic) bond motifs is 1. The van der Waals surface area contributed by atoms with Crippen molar-refractivity contribution in [3.05, 3.63) is 24.3 Å². The van der Waals surface area contributed by atoms with E-state index in [-0.39, 0.29) is 6.61 Å². The Hall–Kier alpha value is -1.96. The molecule has 124 valence electrons. The molecule has 0 bridgehead atoms. The summed E-state index contributed by atoms with van der Waals surface area (Å²) in [4.78, 5) is 11.3. The van der Waals surface area contributed by atoms with E-state index in [1.54, 1.807) is 0 Å². The molecular formula is C16H22N4O3. The topological polar surface area (TPSA) is 90.7 Å². The number of aromatic nitrogens is 2. The third-order valence-corrected chi connectivity index (χ3v) is 3.90. The normalized spacial score (nSPS) is 18.0. The highest BCUT2D eigenvalue weighted by Crippen LogP contribution is 2.25. The number of nitrogens with one attached hydrogen (secondary N) is 1. The minimum Gasteiger partial charge on any atom is -0.474 e. The molecule has 7 nitrogen and oxygen atoms in total. The Morgan fingerprint density at radius 1 is 1.22 bits per heavy atom. The van der Waals surface area contributed by atoms with Crippen LogP contribution < -0.4 is 15.0 Å². The second kappa shape index (κ2) is 7.08. The van der Waals surface area contributed by atoms with Crippen molar-refractivity contribution < 1.29 is 14.9 Å². The van der Waals surface area contributed by atoms with Crippen LogP contribution in [0.1, 0.15) is 6.92 Å². The number of rotatable bonds is 5. The van der Waals surface area contributed by atoms with Crippen molar-refractivity contribution in [2.75, 3.05) is 37.7 Å². The van der Waals surface area contributed by atoms with Crippen molar-refractivity contribution in [1.82, 2.24) is 15.3 Å². The van der Waals surface area contributed by atoms with Gasteiger partial charge in [-0.3, -0.25) is 0 Å². The van der Waals surface area contributed by atoms with E-state index < -0.39 is 12.2 Å². The standard InChI is InChI=1S/C16H22N4O3/c1-11(21)14(22)10-23-15-12-4-2-3-5-13(12)18-16(19-15)20-8-6-17-7-9-20/h2-5,11,14,17,21-22H,6-10H2,1H3. The molecular weight excluding hydrogens is 296 g/mol. The predicted molar refractivity (Wildman–Crippen MR) is 87.8 cm³/mol. The van der Waals surface area contributed by atoms with Crippen molar-refractivity contribution >= 4 is 16.9 Å². The Kier molecular flexibility index (Phi) is 4.90. The lowest BCUT2D eigenvalue weighted by molar-refractivity contribution is 0.00167. The second-order valence-corrected chi connectivity index (χ2v) is 5.70. The van der Waals surface area contributed by atoms with E-state index in [0.29, 0.717) is 11.8 Å². The number of para-hydroxylation sites is 1. The Balaban J connectivity index is 1.90. The van der Waals surface area contributed by atoms with Crippen molar-refractivity contribution in [1.29, 1.82) is 0 Å². The minimum atomic E-state index is -0.952. The molecule has 23 heavy (non-hydrogen) atoms. The summed E-state index contributed by atoms with van der Waals surface area (Å²) < 4.78 is 5.67. The summed E-state index contributed by atoms with van der Waals surface area (Å²) in [7, 11) is 0. The van der Waals surface area contributed by atoms with E-state index in [0.717, 1.165) is 37.1 Å². The lowest BCUT2D eigenvalue weighted by Crippen LogP contribution is -2.44. The largest absolute Gasteiger partial charge is 0.474 e. The van der Waals surface area contributed by atoms with Gasteiger partial charge < -0.3 is 25.2 Å². The first-order valence-corrected chi connectivity index (χ1v) is 7.86. The van der Waals surface area contributed by atoms with Crippen LogP contribution in [0.3, 0.4) is 0 Å². The fourth-order valence-corrected chi connectivity index (χ4v) is 2.46. The monoisotopic (exact) mass is 318 g/mol. The number of ether oxygens (including phenoxy) is 1. The van der Waals surface area contributed by atoms with Crippen molar-refractivity contribution in [2.45, 2.75) is 19.1 Å². The number of hydrogen-bond acceptors (Lipinski definition) is 7. The van der Waals surface area contributed by atoms with Crippen LogP contribution in [0.5, 0.6) is 5.88 Å². The Labute approximate surface area is 134 Å². The highest BCUT2D eigenvalue weighted by molar-refractivity contribution is 5.84. The summed E-state index contributed by atoms with van der Waals surface area (Å²) in [6.45, 7) is 4.99. The van der Waals surface area contributed by atoms with Crippen LogP contribution in [-0.4, -0.2) is 65.2 Å². The molecule has 0 aliphatic carbocycles. The Morgan fingerprint density at radius 2 is 1.96 bits per heavy atom. The number of anilines is 1. The van der Waals surface area contributed by atoms with Gasteiger partial charge in [-0.1, -0.05) is 12.1 Å². The first-order valence-electron chi connectivity index (χ1n) is 7.86. The van der Waals surface area contributed by atoms with Gasteiger partial charge in [0, 0.05) is 26.2 Å². The van der Waals surface area contributed by atoms with Gasteiger partial charge >= 0.3 is 0 Å². The average Bonchev–Trinajstić information content (AvgIpc) is 2.59. The maximum atomic E-state index is 9.74. The number of aliphatic hydroxyl groups is 2. The molecule has 0 amide bonds. The minimum absolute atomic E-state index is 0.0142. The van der Waals surface area contributed by atoms with Crippen LogP contribution in [-0.2, 0) is 0 Å². The molecule has 0 spiro atoms. The van der Waals surface area contributed by atoms with Crippen LogP contribution >= 0.6 is 0 Å². The quantitative estimate of drug-likeness (QED) is 0.723. The first-order chi connectivity index (χ1) is 11.1. The van der Waals surface area contributed by atoms with Crippen molar-refractivity contribution in [3.8, 4) is 5.88 Å². The zero-order valence-electron chi connectivity index (χ0n) is 13.1. The fraction of sp³-hybridized carbons (Fsp3) is 0.500. The van der Waals surface area contributed by atoms with Gasteiger partial charge in [-0.2, -0.15) is 4.98 Å². The van der Waals surface area contributed by atoms with Gasteiger partial charge in [-0.25, -0.2) is 4.98 Å².